The molecule has 0 fully saturated rings. The summed E-state index contributed by atoms with van der Waals surface area (Å²) in [4.78, 5) is 22.8. The number of methoxy groups -OCH3 is 2. The first kappa shape index (κ1) is 20.8. The van der Waals surface area contributed by atoms with E-state index in [1.807, 2.05) is 0 Å². The van der Waals surface area contributed by atoms with Crippen LogP contribution in [-0.2, 0) is 4.79 Å². The number of rotatable bonds is 10. The van der Waals surface area contributed by atoms with Gasteiger partial charge >= 0.3 is 0 Å². The van der Waals surface area contributed by atoms with Crippen LogP contribution in [0.1, 0.15) is 0 Å². The SMILES string of the molecule is COc1ccc(OC)c(NC(=O)CNc2cc([N+](=O)[O-])ccc2NCCO)c1. The Morgan fingerprint density at radius 1 is 1.07 bits per heavy atom. The molecule has 2 rings (SSSR count). The Hall–Kier alpha value is -3.53. The van der Waals surface area contributed by atoms with E-state index in [0.29, 0.717) is 28.6 Å². The average Bonchev–Trinajstić information content (AvgIpc) is 2.70. The molecule has 2 aromatic carbocycles. The van der Waals surface area contributed by atoms with Crippen LogP contribution in [0.4, 0.5) is 22.7 Å². The second kappa shape index (κ2) is 9.97. The summed E-state index contributed by atoms with van der Waals surface area (Å²) in [6.07, 6.45) is 0. The predicted octanol–water partition coefficient (Wildman–Crippen LogP) is 2.07. The minimum atomic E-state index is -0.526. The van der Waals surface area contributed by atoms with Gasteiger partial charge in [-0.05, 0) is 18.2 Å². The number of non-ortho nitro benzene ring substituents is 1. The zero-order chi connectivity index (χ0) is 20.5. The fourth-order valence-electron chi connectivity index (χ4n) is 2.42. The molecule has 150 valence electrons. The van der Waals surface area contributed by atoms with Crippen LogP contribution in [-0.4, -0.2) is 49.9 Å². The van der Waals surface area contributed by atoms with Crippen molar-refractivity contribution in [2.75, 3.05) is 49.9 Å². The lowest BCUT2D eigenvalue weighted by atomic mass is 10.2. The van der Waals surface area contributed by atoms with Crippen molar-refractivity contribution < 1.29 is 24.3 Å². The van der Waals surface area contributed by atoms with Gasteiger partial charge in [0, 0.05) is 24.7 Å². The van der Waals surface area contributed by atoms with E-state index in [0.717, 1.165) is 0 Å². The Morgan fingerprint density at radius 3 is 2.50 bits per heavy atom. The Morgan fingerprint density at radius 2 is 1.86 bits per heavy atom. The van der Waals surface area contributed by atoms with Crippen LogP contribution in [0.25, 0.3) is 0 Å². The number of ether oxygens (including phenoxy) is 2. The van der Waals surface area contributed by atoms with Gasteiger partial charge in [0.15, 0.2) is 0 Å². The molecule has 0 aliphatic rings. The highest BCUT2D eigenvalue weighted by molar-refractivity contribution is 5.95. The summed E-state index contributed by atoms with van der Waals surface area (Å²) >= 11 is 0. The molecule has 0 aliphatic heterocycles. The molecule has 0 unspecified atom stereocenters. The number of anilines is 3. The maximum Gasteiger partial charge on any atom is 0.271 e. The summed E-state index contributed by atoms with van der Waals surface area (Å²) in [5.74, 6) is 0.638. The van der Waals surface area contributed by atoms with E-state index < -0.39 is 4.92 Å². The van der Waals surface area contributed by atoms with Gasteiger partial charge in [-0.2, -0.15) is 0 Å². The van der Waals surface area contributed by atoms with Gasteiger partial charge in [0.05, 0.1) is 49.4 Å². The summed E-state index contributed by atoms with van der Waals surface area (Å²) < 4.78 is 10.4. The summed E-state index contributed by atoms with van der Waals surface area (Å²) in [6.45, 7) is 0.0155. The van der Waals surface area contributed by atoms with Gasteiger partial charge in [-0.15, -0.1) is 0 Å². The number of aliphatic hydroxyl groups is 1. The molecule has 10 heteroatoms. The van der Waals surface area contributed by atoms with E-state index >= 15 is 0 Å². The summed E-state index contributed by atoms with van der Waals surface area (Å²) in [5, 5.41) is 28.5. The zero-order valence-electron chi connectivity index (χ0n) is 15.5. The van der Waals surface area contributed by atoms with E-state index in [-0.39, 0.29) is 31.3 Å². The smallest absolute Gasteiger partial charge is 0.271 e. The number of nitro benzene ring substituents is 1. The number of benzene rings is 2. The molecule has 2 aromatic rings. The molecule has 0 aliphatic carbocycles. The number of carbonyl (C=O) groups excluding carboxylic acids is 1. The fourth-order valence-corrected chi connectivity index (χ4v) is 2.42. The zero-order valence-corrected chi connectivity index (χ0v) is 15.5. The first-order valence-electron chi connectivity index (χ1n) is 8.37. The fraction of sp³-hybridized carbons (Fsp3) is 0.278. The number of nitro groups is 1. The van der Waals surface area contributed by atoms with Crippen molar-refractivity contribution in [3.05, 3.63) is 46.5 Å². The standard InChI is InChI=1S/C18H22N4O6/c1-27-13-4-6-17(28-2)16(10-13)21-18(24)11-20-15-9-12(22(25)26)3-5-14(15)19-7-8-23/h3-6,9-10,19-20,23H,7-8,11H2,1-2H3,(H,21,24). The van der Waals surface area contributed by atoms with Gasteiger partial charge in [-0.1, -0.05) is 0 Å². The van der Waals surface area contributed by atoms with Gasteiger partial charge in [0.25, 0.3) is 5.69 Å². The largest absolute Gasteiger partial charge is 0.497 e. The van der Waals surface area contributed by atoms with Gasteiger partial charge in [0.2, 0.25) is 5.91 Å². The van der Waals surface area contributed by atoms with Crippen molar-refractivity contribution >= 4 is 28.7 Å². The minimum absolute atomic E-state index is 0.105. The van der Waals surface area contributed by atoms with Crippen molar-refractivity contribution in [1.82, 2.24) is 0 Å². The summed E-state index contributed by atoms with van der Waals surface area (Å²) in [5.41, 5.74) is 1.22. The number of amides is 1. The van der Waals surface area contributed by atoms with Crippen LogP contribution in [0.2, 0.25) is 0 Å². The Balaban J connectivity index is 2.11. The van der Waals surface area contributed by atoms with Crippen LogP contribution in [0.5, 0.6) is 11.5 Å². The first-order chi connectivity index (χ1) is 13.5. The van der Waals surface area contributed by atoms with Crippen LogP contribution in [0.15, 0.2) is 36.4 Å². The van der Waals surface area contributed by atoms with E-state index in [4.69, 9.17) is 14.6 Å². The first-order valence-corrected chi connectivity index (χ1v) is 8.37. The molecule has 0 bridgehead atoms. The average molecular weight is 390 g/mol. The third-order valence-electron chi connectivity index (χ3n) is 3.76. The lowest BCUT2D eigenvalue weighted by molar-refractivity contribution is -0.384. The van der Waals surface area contributed by atoms with Gasteiger partial charge in [-0.25, -0.2) is 0 Å². The van der Waals surface area contributed by atoms with Crippen LogP contribution in [0, 0.1) is 10.1 Å². The second-order valence-electron chi connectivity index (χ2n) is 5.61. The molecular weight excluding hydrogens is 368 g/mol. The third kappa shape index (κ3) is 5.48. The highest BCUT2D eigenvalue weighted by Crippen LogP contribution is 2.29. The molecule has 0 radical (unpaired) electrons. The second-order valence-corrected chi connectivity index (χ2v) is 5.61. The molecule has 28 heavy (non-hydrogen) atoms. The number of hydrogen-bond donors (Lipinski definition) is 4. The highest BCUT2D eigenvalue weighted by Gasteiger charge is 2.13. The topological polar surface area (TPSA) is 135 Å². The summed E-state index contributed by atoms with van der Waals surface area (Å²) in [6, 6.07) is 9.16. The Bertz CT molecular complexity index is 843. The van der Waals surface area contributed by atoms with Crippen LogP contribution >= 0.6 is 0 Å². The van der Waals surface area contributed by atoms with Crippen LogP contribution in [0.3, 0.4) is 0 Å². The number of nitrogens with one attached hydrogen (secondary N) is 3. The maximum absolute atomic E-state index is 12.3. The summed E-state index contributed by atoms with van der Waals surface area (Å²) in [7, 11) is 3.00. The third-order valence-corrected chi connectivity index (χ3v) is 3.76. The molecule has 0 saturated carbocycles. The number of aliphatic hydroxyl groups excluding tert-OH is 1. The molecule has 0 heterocycles. The molecule has 0 atom stereocenters. The van der Waals surface area contributed by atoms with E-state index in [9.17, 15) is 14.9 Å². The molecule has 1 amide bonds. The van der Waals surface area contributed by atoms with Gasteiger partial charge < -0.3 is 30.5 Å². The minimum Gasteiger partial charge on any atom is -0.497 e. The monoisotopic (exact) mass is 390 g/mol. The molecule has 0 saturated heterocycles. The van der Waals surface area contributed by atoms with E-state index in [1.165, 1.54) is 32.4 Å². The molecule has 0 aromatic heterocycles. The quantitative estimate of drug-likeness (QED) is 0.358. The predicted molar refractivity (Wildman–Crippen MR) is 105 cm³/mol. The van der Waals surface area contributed by atoms with Crippen molar-refractivity contribution in [3.8, 4) is 11.5 Å². The molecule has 10 nitrogen and oxygen atoms in total. The lowest BCUT2D eigenvalue weighted by Crippen LogP contribution is -2.22. The maximum atomic E-state index is 12.3. The van der Waals surface area contributed by atoms with Crippen molar-refractivity contribution in [1.29, 1.82) is 0 Å². The number of hydrogen-bond acceptors (Lipinski definition) is 8. The van der Waals surface area contributed by atoms with Gasteiger partial charge in [-0.3, -0.25) is 14.9 Å². The van der Waals surface area contributed by atoms with Crippen molar-refractivity contribution in [2.24, 2.45) is 0 Å². The number of carbonyl (C=O) groups is 1. The van der Waals surface area contributed by atoms with E-state index in [1.54, 1.807) is 18.2 Å². The Kier molecular flexibility index (Phi) is 7.40. The van der Waals surface area contributed by atoms with Crippen molar-refractivity contribution in [2.45, 2.75) is 0 Å². The number of nitrogens with zero attached hydrogens (tertiary/aromatic N) is 1. The molecule has 4 N–H and O–H groups in total. The van der Waals surface area contributed by atoms with Crippen molar-refractivity contribution in [3.63, 3.8) is 0 Å². The highest BCUT2D eigenvalue weighted by atomic mass is 16.6. The normalized spacial score (nSPS) is 10.1. The van der Waals surface area contributed by atoms with Gasteiger partial charge in [0.1, 0.15) is 11.5 Å². The molecule has 0 spiro atoms. The lowest BCUT2D eigenvalue weighted by Gasteiger charge is -2.14. The Labute approximate surface area is 161 Å². The van der Waals surface area contributed by atoms with Crippen LogP contribution < -0.4 is 25.4 Å². The van der Waals surface area contributed by atoms with E-state index in [2.05, 4.69) is 16.0 Å². The molecular formula is C18H22N4O6.